The van der Waals surface area contributed by atoms with E-state index in [4.69, 9.17) is 0 Å². The van der Waals surface area contributed by atoms with Crippen LogP contribution in [0.1, 0.15) is 5.56 Å². The van der Waals surface area contributed by atoms with Gasteiger partial charge in [-0.1, -0.05) is 6.58 Å². The number of aromatic nitrogens is 4. The second kappa shape index (κ2) is 9.45. The normalized spacial score (nSPS) is 11.9. The van der Waals surface area contributed by atoms with E-state index < -0.39 is 51.9 Å². The second-order valence-electron chi connectivity index (χ2n) is 7.03. The molecule has 0 radical (unpaired) electrons. The van der Waals surface area contributed by atoms with Crippen molar-refractivity contribution in [3.05, 3.63) is 102 Å². The van der Waals surface area contributed by atoms with Gasteiger partial charge in [0, 0.05) is 41.5 Å². The van der Waals surface area contributed by atoms with Gasteiger partial charge < -0.3 is 0 Å². The van der Waals surface area contributed by atoms with Crippen molar-refractivity contribution in [3.8, 4) is 33.9 Å². The molecule has 0 bridgehead atoms. The Labute approximate surface area is 193 Å². The van der Waals surface area contributed by atoms with Crippen LogP contribution in [-0.2, 0) is 0 Å². The van der Waals surface area contributed by atoms with Gasteiger partial charge in [-0.05, 0) is 30.3 Å². The lowest BCUT2D eigenvalue weighted by atomic mass is 10.0. The maximum Gasteiger partial charge on any atom is 0.194 e. The molecule has 0 fully saturated rings. The van der Waals surface area contributed by atoms with Gasteiger partial charge in [-0.2, -0.15) is 0 Å². The number of halogens is 7. The summed E-state index contributed by atoms with van der Waals surface area (Å²) in [4.78, 5) is 15.9. The van der Waals surface area contributed by atoms with E-state index in [9.17, 15) is 30.7 Å². The average Bonchev–Trinajstić information content (AvgIpc) is 2.86. The molecule has 0 atom stereocenters. The number of hydrogen-bond acceptors (Lipinski definition) is 4. The Hall–Kier alpha value is -4.41. The van der Waals surface area contributed by atoms with Crippen LogP contribution in [0.2, 0.25) is 0 Å². The van der Waals surface area contributed by atoms with Gasteiger partial charge in [0.2, 0.25) is 0 Å². The predicted octanol–water partition coefficient (Wildman–Crippen LogP) is 6.76. The molecule has 2 aromatic carbocycles. The Morgan fingerprint density at radius 1 is 0.629 bits per heavy atom. The molecule has 0 aliphatic heterocycles. The summed E-state index contributed by atoms with van der Waals surface area (Å²) in [6.07, 6.45) is 5.22. The van der Waals surface area contributed by atoms with Crippen LogP contribution in [0, 0.1) is 29.1 Å². The molecule has 0 aliphatic rings. The smallest absolute Gasteiger partial charge is 0.194 e. The maximum absolute atomic E-state index is 14.5. The van der Waals surface area contributed by atoms with Crippen LogP contribution >= 0.6 is 0 Å². The molecule has 0 aliphatic carbocycles. The number of rotatable bonds is 5. The van der Waals surface area contributed by atoms with Gasteiger partial charge in [0.05, 0.1) is 11.1 Å². The Morgan fingerprint density at radius 2 is 1.09 bits per heavy atom. The molecular formula is C24H11F7N4. The van der Waals surface area contributed by atoms with Crippen molar-refractivity contribution < 1.29 is 30.7 Å². The maximum atomic E-state index is 14.5. The van der Waals surface area contributed by atoms with Crippen molar-refractivity contribution in [2.24, 2.45) is 0 Å². The van der Waals surface area contributed by atoms with E-state index in [1.165, 1.54) is 12.4 Å². The van der Waals surface area contributed by atoms with Gasteiger partial charge in [0.25, 0.3) is 0 Å². The summed E-state index contributed by atoms with van der Waals surface area (Å²) in [5.41, 5.74) is -1.13. The first kappa shape index (κ1) is 23.7. The average molecular weight is 488 g/mol. The fourth-order valence-corrected chi connectivity index (χ4v) is 3.09. The van der Waals surface area contributed by atoms with E-state index in [-0.39, 0.29) is 28.3 Å². The number of allylic oxidation sites excluding steroid dienone is 2. The highest BCUT2D eigenvalue weighted by molar-refractivity contribution is 5.70. The van der Waals surface area contributed by atoms with Crippen LogP contribution < -0.4 is 0 Å². The molecule has 2 heterocycles. The van der Waals surface area contributed by atoms with Gasteiger partial charge in [-0.15, -0.1) is 0 Å². The molecule has 11 heteroatoms. The molecule has 4 rings (SSSR count). The zero-order valence-corrected chi connectivity index (χ0v) is 17.3. The zero-order valence-electron chi connectivity index (χ0n) is 17.3. The standard InChI is InChI=1S/C24H11F7N4/c1-2-15(25)21(30)11-3-16(26)20(17(27)4-11)13-7-32-24(33-8-13)14-9-34-23(35-10-14)12-5-18(28)22(31)19(29)6-12/h2-10H,1H2/b21-15+. The third-order valence-electron chi connectivity index (χ3n) is 4.78. The molecule has 2 aromatic heterocycles. The van der Waals surface area contributed by atoms with Crippen LogP contribution in [0.25, 0.3) is 39.7 Å². The molecule has 176 valence electrons. The molecule has 0 N–H and O–H groups in total. The lowest BCUT2D eigenvalue weighted by molar-refractivity contribution is 0.447. The lowest BCUT2D eigenvalue weighted by Gasteiger charge is -2.08. The third-order valence-corrected chi connectivity index (χ3v) is 4.78. The Morgan fingerprint density at radius 3 is 1.57 bits per heavy atom. The Balaban J connectivity index is 1.62. The molecule has 35 heavy (non-hydrogen) atoms. The minimum atomic E-state index is -1.62. The molecule has 0 amide bonds. The second-order valence-corrected chi connectivity index (χ2v) is 7.03. The highest BCUT2D eigenvalue weighted by atomic mass is 19.2. The van der Waals surface area contributed by atoms with Crippen molar-refractivity contribution in [2.45, 2.75) is 0 Å². The van der Waals surface area contributed by atoms with E-state index in [1.54, 1.807) is 0 Å². The third kappa shape index (κ3) is 4.65. The van der Waals surface area contributed by atoms with Gasteiger partial charge >= 0.3 is 0 Å². The van der Waals surface area contributed by atoms with Crippen molar-refractivity contribution in [1.29, 1.82) is 0 Å². The molecule has 4 nitrogen and oxygen atoms in total. The fourth-order valence-electron chi connectivity index (χ4n) is 3.09. The molecule has 0 saturated carbocycles. The highest BCUT2D eigenvalue weighted by Crippen LogP contribution is 2.31. The van der Waals surface area contributed by atoms with Crippen LogP contribution in [0.15, 0.2) is 67.5 Å². The minimum Gasteiger partial charge on any atom is -0.236 e. The van der Waals surface area contributed by atoms with Gasteiger partial charge in [0.1, 0.15) is 11.6 Å². The largest absolute Gasteiger partial charge is 0.236 e. The number of nitrogens with zero attached hydrogens (tertiary/aromatic N) is 4. The summed E-state index contributed by atoms with van der Waals surface area (Å²) >= 11 is 0. The fraction of sp³-hybridized carbons (Fsp3) is 0. The lowest BCUT2D eigenvalue weighted by Crippen LogP contribution is -1.98. The molecule has 4 aromatic rings. The van der Waals surface area contributed by atoms with Gasteiger partial charge in [-0.3, -0.25) is 0 Å². The molecule has 0 spiro atoms. The summed E-state index contributed by atoms with van der Waals surface area (Å²) in [6.45, 7) is 3.05. The number of benzene rings is 2. The first-order chi connectivity index (χ1) is 16.7. The van der Waals surface area contributed by atoms with E-state index in [1.807, 2.05) is 0 Å². The van der Waals surface area contributed by atoms with E-state index in [0.717, 1.165) is 24.5 Å². The molecular weight excluding hydrogens is 477 g/mol. The predicted molar refractivity (Wildman–Crippen MR) is 113 cm³/mol. The van der Waals surface area contributed by atoms with Crippen molar-refractivity contribution in [2.75, 3.05) is 0 Å². The monoisotopic (exact) mass is 488 g/mol. The van der Waals surface area contributed by atoms with E-state index in [2.05, 4.69) is 26.5 Å². The minimum absolute atomic E-state index is 0.0521. The summed E-state index contributed by atoms with van der Waals surface area (Å²) < 4.78 is 96.2. The topological polar surface area (TPSA) is 51.6 Å². The quantitative estimate of drug-likeness (QED) is 0.177. The summed E-state index contributed by atoms with van der Waals surface area (Å²) in [5, 5.41) is 0. The van der Waals surface area contributed by atoms with Gasteiger partial charge in [-0.25, -0.2) is 50.7 Å². The summed E-state index contributed by atoms with van der Waals surface area (Å²) in [6, 6.07) is 2.72. The Kier molecular flexibility index (Phi) is 6.41. The Bertz CT molecular complexity index is 1420. The van der Waals surface area contributed by atoms with Crippen LogP contribution in [0.5, 0.6) is 0 Å². The van der Waals surface area contributed by atoms with Crippen LogP contribution in [-0.4, -0.2) is 19.9 Å². The van der Waals surface area contributed by atoms with E-state index >= 15 is 0 Å². The van der Waals surface area contributed by atoms with Crippen molar-refractivity contribution >= 4 is 5.83 Å². The van der Waals surface area contributed by atoms with Crippen molar-refractivity contribution in [3.63, 3.8) is 0 Å². The van der Waals surface area contributed by atoms with Crippen LogP contribution in [0.4, 0.5) is 30.7 Å². The highest BCUT2D eigenvalue weighted by Gasteiger charge is 2.18. The van der Waals surface area contributed by atoms with Gasteiger partial charge in [0.15, 0.2) is 40.8 Å². The molecule has 0 unspecified atom stereocenters. The SMILES string of the molecule is C=C/C(F)=C(\F)c1cc(F)c(-c2cnc(-c3cnc(-c4cc(F)c(F)c(F)c4)nc3)nc2)c(F)c1. The summed E-state index contributed by atoms with van der Waals surface area (Å²) in [5.74, 6) is -9.64. The summed E-state index contributed by atoms with van der Waals surface area (Å²) in [7, 11) is 0. The van der Waals surface area contributed by atoms with E-state index in [0.29, 0.717) is 18.2 Å². The molecule has 0 saturated heterocycles. The first-order valence-corrected chi connectivity index (χ1v) is 9.66. The van der Waals surface area contributed by atoms with Crippen molar-refractivity contribution in [1.82, 2.24) is 19.9 Å². The zero-order chi connectivity index (χ0) is 25.3. The number of hydrogen-bond donors (Lipinski definition) is 0. The van der Waals surface area contributed by atoms with Crippen LogP contribution in [0.3, 0.4) is 0 Å². The first-order valence-electron chi connectivity index (χ1n) is 9.66.